The van der Waals surface area contributed by atoms with Crippen molar-refractivity contribution in [1.82, 2.24) is 4.98 Å². The minimum absolute atomic E-state index is 0.247. The SMILES string of the molecule is C=C(OCC)c1cc(N)ncc1F. The molecule has 70 valence electrons. The standard InChI is InChI=1S/C9H11FN2O/c1-3-13-6(2)7-4-9(11)12-5-8(7)10/h4-5H,2-3H2,1H3,(H2,11,12). The molecule has 0 aliphatic carbocycles. The minimum Gasteiger partial charge on any atom is -0.494 e. The van der Waals surface area contributed by atoms with E-state index in [4.69, 9.17) is 10.5 Å². The largest absolute Gasteiger partial charge is 0.494 e. The molecule has 1 aromatic rings. The van der Waals surface area contributed by atoms with E-state index in [1.165, 1.54) is 6.07 Å². The molecular weight excluding hydrogens is 171 g/mol. The Morgan fingerprint density at radius 3 is 3.08 bits per heavy atom. The number of pyridine rings is 1. The Hall–Kier alpha value is -1.58. The summed E-state index contributed by atoms with van der Waals surface area (Å²) in [6.07, 6.45) is 1.05. The van der Waals surface area contributed by atoms with Crippen molar-refractivity contribution in [2.45, 2.75) is 6.92 Å². The maximum absolute atomic E-state index is 13.1. The summed E-state index contributed by atoms with van der Waals surface area (Å²) in [4.78, 5) is 3.59. The van der Waals surface area contributed by atoms with Gasteiger partial charge in [0.25, 0.3) is 0 Å². The van der Waals surface area contributed by atoms with Gasteiger partial charge in [-0.3, -0.25) is 0 Å². The van der Waals surface area contributed by atoms with E-state index in [0.29, 0.717) is 6.61 Å². The molecule has 0 fully saturated rings. The summed E-state index contributed by atoms with van der Waals surface area (Å²) in [5.74, 6) is 0.0407. The Morgan fingerprint density at radius 2 is 2.46 bits per heavy atom. The predicted octanol–water partition coefficient (Wildman–Crippen LogP) is 1.81. The Morgan fingerprint density at radius 1 is 1.77 bits per heavy atom. The molecule has 1 aromatic heterocycles. The van der Waals surface area contributed by atoms with Crippen LogP contribution < -0.4 is 5.73 Å². The smallest absolute Gasteiger partial charge is 0.152 e. The number of nitrogen functional groups attached to an aromatic ring is 1. The van der Waals surface area contributed by atoms with Crippen molar-refractivity contribution in [3.63, 3.8) is 0 Å². The van der Waals surface area contributed by atoms with Gasteiger partial charge in [0, 0.05) is 0 Å². The zero-order chi connectivity index (χ0) is 9.84. The van der Waals surface area contributed by atoms with E-state index in [1.54, 1.807) is 6.92 Å². The van der Waals surface area contributed by atoms with Crippen LogP contribution in [-0.4, -0.2) is 11.6 Å². The maximum Gasteiger partial charge on any atom is 0.152 e. The number of aromatic nitrogens is 1. The third-order valence-electron chi connectivity index (χ3n) is 1.50. The lowest BCUT2D eigenvalue weighted by Crippen LogP contribution is -1.98. The van der Waals surface area contributed by atoms with Crippen LogP contribution >= 0.6 is 0 Å². The highest BCUT2D eigenvalue weighted by Gasteiger charge is 2.07. The lowest BCUT2D eigenvalue weighted by atomic mass is 10.2. The van der Waals surface area contributed by atoms with Gasteiger partial charge < -0.3 is 10.5 Å². The summed E-state index contributed by atoms with van der Waals surface area (Å²) in [7, 11) is 0. The van der Waals surface area contributed by atoms with Gasteiger partial charge in [-0.05, 0) is 13.0 Å². The molecular formula is C9H11FN2O. The zero-order valence-corrected chi connectivity index (χ0v) is 7.38. The number of rotatable bonds is 3. The van der Waals surface area contributed by atoms with Gasteiger partial charge >= 0.3 is 0 Å². The van der Waals surface area contributed by atoms with Crippen molar-refractivity contribution in [3.05, 3.63) is 30.2 Å². The van der Waals surface area contributed by atoms with Gasteiger partial charge in [0.15, 0.2) is 5.82 Å². The van der Waals surface area contributed by atoms with Gasteiger partial charge in [-0.25, -0.2) is 9.37 Å². The fraction of sp³-hybridized carbons (Fsp3) is 0.222. The van der Waals surface area contributed by atoms with Gasteiger partial charge in [-0.2, -0.15) is 0 Å². The van der Waals surface area contributed by atoms with E-state index in [9.17, 15) is 4.39 Å². The number of nitrogens with zero attached hydrogens (tertiary/aromatic N) is 1. The van der Waals surface area contributed by atoms with E-state index < -0.39 is 5.82 Å². The van der Waals surface area contributed by atoms with Gasteiger partial charge in [0.1, 0.15) is 11.6 Å². The van der Waals surface area contributed by atoms with Crippen LogP contribution in [0.4, 0.5) is 10.2 Å². The molecule has 0 atom stereocenters. The molecule has 0 amide bonds. The summed E-state index contributed by atoms with van der Waals surface area (Å²) in [6, 6.07) is 1.40. The van der Waals surface area contributed by atoms with Crippen LogP contribution in [-0.2, 0) is 4.74 Å². The van der Waals surface area contributed by atoms with Crippen molar-refractivity contribution < 1.29 is 9.13 Å². The number of hydrogen-bond donors (Lipinski definition) is 1. The number of halogens is 1. The quantitative estimate of drug-likeness (QED) is 0.725. The van der Waals surface area contributed by atoms with Gasteiger partial charge in [-0.1, -0.05) is 6.58 Å². The Bertz CT molecular complexity index is 325. The zero-order valence-electron chi connectivity index (χ0n) is 7.38. The molecule has 3 nitrogen and oxygen atoms in total. The first-order valence-corrected chi connectivity index (χ1v) is 3.88. The van der Waals surface area contributed by atoms with E-state index in [2.05, 4.69) is 11.6 Å². The fourth-order valence-electron chi connectivity index (χ4n) is 0.921. The van der Waals surface area contributed by atoms with Crippen LogP contribution in [0.1, 0.15) is 12.5 Å². The molecule has 4 heteroatoms. The molecule has 0 aliphatic heterocycles. The van der Waals surface area contributed by atoms with E-state index >= 15 is 0 Å². The second-order valence-electron chi connectivity index (χ2n) is 2.45. The monoisotopic (exact) mass is 182 g/mol. The lowest BCUT2D eigenvalue weighted by molar-refractivity contribution is 0.297. The molecule has 0 spiro atoms. The highest BCUT2D eigenvalue weighted by Crippen LogP contribution is 2.18. The molecule has 0 saturated carbocycles. The molecule has 0 aromatic carbocycles. The van der Waals surface area contributed by atoms with E-state index in [1.807, 2.05) is 0 Å². The first kappa shape index (κ1) is 9.51. The molecule has 0 unspecified atom stereocenters. The Labute approximate surface area is 76.0 Å². The molecule has 1 heterocycles. The van der Waals surface area contributed by atoms with Crippen LogP contribution in [0.2, 0.25) is 0 Å². The second kappa shape index (κ2) is 3.89. The molecule has 0 bridgehead atoms. The molecule has 13 heavy (non-hydrogen) atoms. The molecule has 1 rings (SSSR count). The van der Waals surface area contributed by atoms with Crippen molar-refractivity contribution in [3.8, 4) is 0 Å². The van der Waals surface area contributed by atoms with Crippen molar-refractivity contribution >= 4 is 11.6 Å². The van der Waals surface area contributed by atoms with Gasteiger partial charge in [-0.15, -0.1) is 0 Å². The number of anilines is 1. The summed E-state index contributed by atoms with van der Waals surface area (Å²) < 4.78 is 18.1. The number of ether oxygens (including phenoxy) is 1. The fourth-order valence-corrected chi connectivity index (χ4v) is 0.921. The highest BCUT2D eigenvalue weighted by molar-refractivity contribution is 5.60. The summed E-state index contributed by atoms with van der Waals surface area (Å²) in [5.41, 5.74) is 5.65. The normalized spacial score (nSPS) is 9.69. The lowest BCUT2D eigenvalue weighted by Gasteiger charge is -2.07. The van der Waals surface area contributed by atoms with Crippen LogP contribution in [0.5, 0.6) is 0 Å². The summed E-state index contributed by atoms with van der Waals surface area (Å²) >= 11 is 0. The van der Waals surface area contributed by atoms with Crippen molar-refractivity contribution in [2.24, 2.45) is 0 Å². The van der Waals surface area contributed by atoms with Crippen molar-refractivity contribution in [2.75, 3.05) is 12.3 Å². The summed E-state index contributed by atoms with van der Waals surface area (Å²) in [6.45, 7) is 5.82. The highest BCUT2D eigenvalue weighted by atomic mass is 19.1. The van der Waals surface area contributed by atoms with Crippen molar-refractivity contribution in [1.29, 1.82) is 0 Å². The number of hydrogen-bond acceptors (Lipinski definition) is 3. The van der Waals surface area contributed by atoms with Crippen LogP contribution in [0.15, 0.2) is 18.8 Å². The van der Waals surface area contributed by atoms with E-state index in [0.717, 1.165) is 6.20 Å². The third kappa shape index (κ3) is 2.18. The Balaban J connectivity index is 2.99. The Kier molecular flexibility index (Phi) is 2.84. The summed E-state index contributed by atoms with van der Waals surface area (Å²) in [5, 5.41) is 0. The molecule has 0 radical (unpaired) electrons. The minimum atomic E-state index is -0.479. The first-order valence-electron chi connectivity index (χ1n) is 3.88. The molecule has 2 N–H and O–H groups in total. The maximum atomic E-state index is 13.1. The van der Waals surface area contributed by atoms with Crippen LogP contribution in [0.25, 0.3) is 5.76 Å². The molecule has 0 aliphatic rings. The van der Waals surface area contributed by atoms with E-state index in [-0.39, 0.29) is 17.1 Å². The second-order valence-corrected chi connectivity index (χ2v) is 2.45. The van der Waals surface area contributed by atoms with Gasteiger partial charge in [0.05, 0.1) is 18.4 Å². The predicted molar refractivity (Wildman–Crippen MR) is 49.3 cm³/mol. The van der Waals surface area contributed by atoms with Crippen LogP contribution in [0.3, 0.4) is 0 Å². The average molecular weight is 182 g/mol. The van der Waals surface area contributed by atoms with Crippen LogP contribution in [0, 0.1) is 5.82 Å². The molecule has 0 saturated heterocycles. The topological polar surface area (TPSA) is 48.1 Å². The van der Waals surface area contributed by atoms with Gasteiger partial charge in [0.2, 0.25) is 0 Å². The first-order chi connectivity index (χ1) is 6.15. The third-order valence-corrected chi connectivity index (χ3v) is 1.50. The number of nitrogens with two attached hydrogens (primary N) is 1. The average Bonchev–Trinajstić information content (AvgIpc) is 2.09.